The van der Waals surface area contributed by atoms with Crippen molar-refractivity contribution in [1.29, 1.82) is 0 Å². The Labute approximate surface area is 86.0 Å². The van der Waals surface area contributed by atoms with E-state index < -0.39 is 34.4 Å². The van der Waals surface area contributed by atoms with Gasteiger partial charge in [-0.25, -0.2) is 4.79 Å². The van der Waals surface area contributed by atoms with E-state index in [0.717, 1.165) is 0 Å². The third-order valence-electron chi connectivity index (χ3n) is 1.64. The quantitative estimate of drug-likeness (QED) is 0.238. The maximum absolute atomic E-state index is 10.7. The van der Waals surface area contributed by atoms with Gasteiger partial charge in [0.25, 0.3) is 0 Å². The molecule has 0 saturated heterocycles. The molecule has 0 fully saturated rings. The summed E-state index contributed by atoms with van der Waals surface area (Å²) < 4.78 is 1.81. The predicted molar refractivity (Wildman–Crippen MR) is 44.3 cm³/mol. The van der Waals surface area contributed by atoms with E-state index in [1.165, 1.54) is 0 Å². The van der Waals surface area contributed by atoms with Gasteiger partial charge in [-0.05, 0) is 15.9 Å². The van der Waals surface area contributed by atoms with Crippen molar-refractivity contribution in [2.75, 3.05) is 0 Å². The molecule has 0 radical (unpaired) electrons. The molecule has 0 unspecified atom stereocenters. The molecule has 0 aromatic heterocycles. The van der Waals surface area contributed by atoms with Crippen molar-refractivity contribution >= 4 is 21.9 Å². The molecule has 0 aromatic rings. The minimum atomic E-state index is -2.47. The Balaban J connectivity index is 2.99. The van der Waals surface area contributed by atoms with Crippen LogP contribution in [-0.2, 0) is 9.53 Å². The number of halogens is 1. The van der Waals surface area contributed by atoms with Gasteiger partial charge in [0.1, 0.15) is 0 Å². The fourth-order valence-corrected chi connectivity index (χ4v) is 1.17. The van der Waals surface area contributed by atoms with Crippen LogP contribution in [0.2, 0.25) is 0 Å². The molecule has 14 heavy (non-hydrogen) atoms. The molecule has 8 heteroatoms. The SMILES string of the molecule is O=C1O[C@H]([C@](O)(Br)C(O)O)C(O)=C1O. The van der Waals surface area contributed by atoms with E-state index in [-0.39, 0.29) is 0 Å². The lowest BCUT2D eigenvalue weighted by molar-refractivity contribution is -0.182. The minimum absolute atomic E-state index is 0.970. The van der Waals surface area contributed by atoms with Crippen LogP contribution in [0.4, 0.5) is 0 Å². The molecule has 2 atom stereocenters. The smallest absolute Gasteiger partial charge is 0.378 e. The van der Waals surface area contributed by atoms with Gasteiger partial charge in [-0.3, -0.25) is 0 Å². The van der Waals surface area contributed by atoms with Gasteiger partial charge >= 0.3 is 5.97 Å². The number of esters is 1. The van der Waals surface area contributed by atoms with Gasteiger partial charge in [0.15, 0.2) is 12.0 Å². The summed E-state index contributed by atoms with van der Waals surface area (Å²) in [4.78, 5) is 10.7. The van der Waals surface area contributed by atoms with E-state index in [1.54, 1.807) is 0 Å². The summed E-state index contributed by atoms with van der Waals surface area (Å²) in [7, 11) is 0. The molecule has 0 saturated carbocycles. The lowest BCUT2D eigenvalue weighted by atomic mass is 10.1. The number of alkyl halides is 1. The van der Waals surface area contributed by atoms with Crippen LogP contribution in [0.15, 0.2) is 11.5 Å². The number of hydrogen-bond acceptors (Lipinski definition) is 7. The number of hydrogen-bond donors (Lipinski definition) is 5. The Hall–Kier alpha value is -0.830. The van der Waals surface area contributed by atoms with Crippen molar-refractivity contribution in [3.05, 3.63) is 11.5 Å². The van der Waals surface area contributed by atoms with Crippen LogP contribution >= 0.6 is 15.9 Å². The number of carbonyl (C=O) groups excluding carboxylic acids is 1. The van der Waals surface area contributed by atoms with Gasteiger partial charge in [-0.2, -0.15) is 0 Å². The standard InChI is InChI=1S/C6H7BrO7/c7-6(13,5(11)12)3-1(8)2(9)4(10)14-3/h3,5,8-9,11-13H/t3-,6+/m0/s1. The fourth-order valence-electron chi connectivity index (χ4n) is 0.857. The van der Waals surface area contributed by atoms with Crippen molar-refractivity contribution in [2.24, 2.45) is 0 Å². The van der Waals surface area contributed by atoms with E-state index in [4.69, 9.17) is 20.4 Å². The fraction of sp³-hybridized carbons (Fsp3) is 0.500. The van der Waals surface area contributed by atoms with Crippen LogP contribution in [-0.4, -0.2) is 48.4 Å². The molecule has 0 spiro atoms. The van der Waals surface area contributed by atoms with Crippen molar-refractivity contribution in [2.45, 2.75) is 16.9 Å². The largest absolute Gasteiger partial charge is 0.505 e. The van der Waals surface area contributed by atoms with Crippen LogP contribution < -0.4 is 0 Å². The van der Waals surface area contributed by atoms with Crippen molar-refractivity contribution in [3.63, 3.8) is 0 Å². The summed E-state index contributed by atoms with van der Waals surface area (Å²) in [5, 5.41) is 44.6. The van der Waals surface area contributed by atoms with Gasteiger partial charge in [-0.15, -0.1) is 0 Å². The number of ether oxygens (including phenoxy) is 1. The second-order valence-corrected chi connectivity index (χ2v) is 3.89. The normalized spacial score (nSPS) is 26.6. The average molecular weight is 271 g/mol. The van der Waals surface area contributed by atoms with E-state index in [2.05, 4.69) is 20.7 Å². The molecule has 1 rings (SSSR count). The summed E-state index contributed by atoms with van der Waals surface area (Å²) in [6.45, 7) is 0. The second-order valence-electron chi connectivity index (χ2n) is 2.62. The second kappa shape index (κ2) is 3.39. The molecule has 0 amide bonds. The lowest BCUT2D eigenvalue weighted by Crippen LogP contribution is -2.48. The summed E-state index contributed by atoms with van der Waals surface area (Å²) in [5.41, 5.74) is 0. The molecule has 0 bridgehead atoms. The van der Waals surface area contributed by atoms with Crippen LogP contribution in [0.1, 0.15) is 0 Å². The lowest BCUT2D eigenvalue weighted by Gasteiger charge is -2.27. The number of carbonyl (C=O) groups is 1. The number of aliphatic hydroxyl groups is 5. The number of aliphatic hydroxyl groups excluding tert-OH is 3. The van der Waals surface area contributed by atoms with Gasteiger partial charge < -0.3 is 30.3 Å². The molecule has 7 nitrogen and oxygen atoms in total. The molecule has 1 heterocycles. The minimum Gasteiger partial charge on any atom is -0.505 e. The maximum atomic E-state index is 10.7. The highest BCUT2D eigenvalue weighted by molar-refractivity contribution is 9.10. The summed E-state index contributed by atoms with van der Waals surface area (Å²) in [6.07, 6.45) is -4.08. The molecule has 1 aliphatic heterocycles. The molecule has 80 valence electrons. The maximum Gasteiger partial charge on any atom is 0.378 e. The number of cyclic esters (lactones) is 1. The first-order chi connectivity index (χ1) is 6.28. The Morgan fingerprint density at radius 1 is 1.43 bits per heavy atom. The van der Waals surface area contributed by atoms with Crippen LogP contribution in [0.25, 0.3) is 0 Å². The average Bonchev–Trinajstić information content (AvgIpc) is 2.33. The molecule has 0 aliphatic carbocycles. The van der Waals surface area contributed by atoms with Crippen LogP contribution in [0.3, 0.4) is 0 Å². The van der Waals surface area contributed by atoms with Gasteiger partial charge in [0.05, 0.1) is 0 Å². The highest BCUT2D eigenvalue weighted by atomic mass is 79.9. The van der Waals surface area contributed by atoms with Crippen molar-refractivity contribution < 1.29 is 35.1 Å². The first-order valence-electron chi connectivity index (χ1n) is 3.39. The molecular formula is C6H7BrO7. The van der Waals surface area contributed by atoms with Crippen molar-refractivity contribution in [1.82, 2.24) is 0 Å². The van der Waals surface area contributed by atoms with Gasteiger partial charge in [0, 0.05) is 0 Å². The monoisotopic (exact) mass is 270 g/mol. The summed E-state index contributed by atoms with van der Waals surface area (Å²) in [6, 6.07) is 0. The molecule has 5 N–H and O–H groups in total. The van der Waals surface area contributed by atoms with Crippen LogP contribution in [0.5, 0.6) is 0 Å². The zero-order valence-electron chi connectivity index (χ0n) is 6.59. The predicted octanol–water partition coefficient (Wildman–Crippen LogP) is -1.37. The first-order valence-corrected chi connectivity index (χ1v) is 4.18. The summed E-state index contributed by atoms with van der Waals surface area (Å²) >= 11 is 2.44. The Morgan fingerprint density at radius 3 is 2.21 bits per heavy atom. The first kappa shape index (κ1) is 11.2. The number of rotatable bonds is 2. The van der Waals surface area contributed by atoms with E-state index in [0.29, 0.717) is 0 Å². The third kappa shape index (κ3) is 1.57. The Morgan fingerprint density at radius 2 is 1.93 bits per heavy atom. The summed E-state index contributed by atoms with van der Waals surface area (Å²) in [5.74, 6) is -3.30. The highest BCUT2D eigenvalue weighted by Gasteiger charge is 2.51. The third-order valence-corrected chi connectivity index (χ3v) is 2.46. The van der Waals surface area contributed by atoms with E-state index >= 15 is 0 Å². The molecule has 0 aromatic carbocycles. The van der Waals surface area contributed by atoms with E-state index in [9.17, 15) is 9.90 Å². The molecular weight excluding hydrogens is 264 g/mol. The van der Waals surface area contributed by atoms with Gasteiger partial charge in [0.2, 0.25) is 16.4 Å². The van der Waals surface area contributed by atoms with Crippen molar-refractivity contribution in [3.8, 4) is 0 Å². The zero-order chi connectivity index (χ0) is 11.1. The van der Waals surface area contributed by atoms with Crippen LogP contribution in [0, 0.1) is 0 Å². The zero-order valence-corrected chi connectivity index (χ0v) is 8.17. The van der Waals surface area contributed by atoms with Gasteiger partial charge in [-0.1, -0.05) is 0 Å². The topological polar surface area (TPSA) is 127 Å². The van der Waals surface area contributed by atoms with E-state index in [1.807, 2.05) is 0 Å². The molecule has 1 aliphatic rings. The Bertz CT molecular complexity index is 295. The highest BCUT2D eigenvalue weighted by Crippen LogP contribution is 2.33. The Kier molecular flexibility index (Phi) is 2.72.